The van der Waals surface area contributed by atoms with Crippen LogP contribution < -0.4 is 10.6 Å². The van der Waals surface area contributed by atoms with Crippen LogP contribution >= 0.6 is 0 Å². The van der Waals surface area contributed by atoms with Crippen molar-refractivity contribution in [1.29, 1.82) is 0 Å². The van der Waals surface area contributed by atoms with E-state index in [4.69, 9.17) is 0 Å². The average Bonchev–Trinajstić information content (AvgIpc) is 2.47. The van der Waals surface area contributed by atoms with Crippen molar-refractivity contribution in [3.63, 3.8) is 0 Å². The van der Waals surface area contributed by atoms with Gasteiger partial charge in [0.05, 0.1) is 0 Å². The number of hydrogen-bond donors (Lipinski definition) is 2. The van der Waals surface area contributed by atoms with Gasteiger partial charge in [-0.1, -0.05) is 6.92 Å². The summed E-state index contributed by atoms with van der Waals surface area (Å²) in [5.74, 6) is 2.04. The second-order valence-electron chi connectivity index (χ2n) is 5.41. The second-order valence-corrected chi connectivity index (χ2v) is 7.10. The van der Waals surface area contributed by atoms with E-state index in [1.54, 1.807) is 12.1 Å². The number of nitrogens with zero attached hydrogens (tertiary/aromatic N) is 1. The highest BCUT2D eigenvalue weighted by molar-refractivity contribution is 7.85. The van der Waals surface area contributed by atoms with Crippen molar-refractivity contribution in [2.45, 2.75) is 39.2 Å². The molecule has 1 aliphatic rings. The van der Waals surface area contributed by atoms with Crippen LogP contribution in [0.4, 0.5) is 5.82 Å². The summed E-state index contributed by atoms with van der Waals surface area (Å²) in [6.45, 7) is 4.81. The van der Waals surface area contributed by atoms with Gasteiger partial charge in [0.2, 0.25) is 0 Å². The number of anilines is 1. The van der Waals surface area contributed by atoms with Gasteiger partial charge in [0.25, 0.3) is 5.91 Å². The lowest BCUT2D eigenvalue weighted by atomic mass is 10.1. The number of hydrogen-bond acceptors (Lipinski definition) is 4. The number of carbonyl (C=O) groups is 1. The van der Waals surface area contributed by atoms with Crippen LogP contribution in [0.5, 0.6) is 0 Å². The van der Waals surface area contributed by atoms with Crippen LogP contribution in [0.2, 0.25) is 0 Å². The Balaban J connectivity index is 2.01. The number of amides is 1. The molecule has 2 N–H and O–H groups in total. The highest BCUT2D eigenvalue weighted by Crippen LogP contribution is 2.13. The Morgan fingerprint density at radius 3 is 2.76 bits per heavy atom. The van der Waals surface area contributed by atoms with Gasteiger partial charge in [0.15, 0.2) is 0 Å². The first-order chi connectivity index (χ1) is 10.1. The first-order valence-corrected chi connectivity index (χ1v) is 8.95. The maximum absolute atomic E-state index is 12.3. The minimum Gasteiger partial charge on any atom is -0.370 e. The smallest absolute Gasteiger partial charge is 0.251 e. The lowest BCUT2D eigenvalue weighted by Crippen LogP contribution is -2.39. The van der Waals surface area contributed by atoms with Gasteiger partial charge in [-0.05, 0) is 38.3 Å². The number of aryl methyl sites for hydroxylation is 1. The summed E-state index contributed by atoms with van der Waals surface area (Å²) in [4.78, 5) is 16.7. The van der Waals surface area contributed by atoms with Crippen LogP contribution in [-0.2, 0) is 10.8 Å². The van der Waals surface area contributed by atoms with E-state index >= 15 is 0 Å². The van der Waals surface area contributed by atoms with Gasteiger partial charge in [-0.25, -0.2) is 4.98 Å². The molecule has 0 saturated carbocycles. The molecule has 116 valence electrons. The van der Waals surface area contributed by atoms with E-state index in [0.717, 1.165) is 37.3 Å². The summed E-state index contributed by atoms with van der Waals surface area (Å²) in [5, 5.41) is 6.25. The van der Waals surface area contributed by atoms with E-state index in [1.165, 1.54) is 0 Å². The van der Waals surface area contributed by atoms with Crippen molar-refractivity contribution in [3.05, 3.63) is 23.4 Å². The largest absolute Gasteiger partial charge is 0.370 e. The van der Waals surface area contributed by atoms with Crippen molar-refractivity contribution in [3.8, 4) is 0 Å². The van der Waals surface area contributed by atoms with Gasteiger partial charge < -0.3 is 10.6 Å². The highest BCUT2D eigenvalue weighted by atomic mass is 32.2. The lowest BCUT2D eigenvalue weighted by Gasteiger charge is -2.22. The third kappa shape index (κ3) is 4.81. The molecule has 2 rings (SSSR count). The Morgan fingerprint density at radius 1 is 1.38 bits per heavy atom. The zero-order valence-corrected chi connectivity index (χ0v) is 13.5. The lowest BCUT2D eigenvalue weighted by molar-refractivity contribution is 0.0934. The molecule has 6 heteroatoms. The molecule has 0 unspecified atom stereocenters. The average molecular weight is 309 g/mol. The predicted molar refractivity (Wildman–Crippen MR) is 86.1 cm³/mol. The molecule has 5 nitrogen and oxygen atoms in total. The van der Waals surface area contributed by atoms with Gasteiger partial charge >= 0.3 is 0 Å². The normalized spacial score (nSPS) is 21.8. The highest BCUT2D eigenvalue weighted by Gasteiger charge is 2.20. The van der Waals surface area contributed by atoms with Crippen LogP contribution in [0.3, 0.4) is 0 Å². The molecule has 0 aliphatic carbocycles. The molecule has 1 saturated heterocycles. The summed E-state index contributed by atoms with van der Waals surface area (Å²) in [5.41, 5.74) is 1.46. The third-order valence-corrected chi connectivity index (χ3v) is 4.88. The van der Waals surface area contributed by atoms with E-state index in [0.29, 0.717) is 17.1 Å². The molecule has 0 radical (unpaired) electrons. The summed E-state index contributed by atoms with van der Waals surface area (Å²) in [6.07, 6.45) is 2.60. The summed E-state index contributed by atoms with van der Waals surface area (Å²) in [6, 6.07) is 3.72. The molecular formula is C15H23N3O2S. The van der Waals surface area contributed by atoms with E-state index < -0.39 is 10.8 Å². The van der Waals surface area contributed by atoms with Gasteiger partial charge in [0.1, 0.15) is 5.82 Å². The number of aromatic nitrogens is 1. The number of carbonyl (C=O) groups excluding carboxylic acids is 1. The SMILES string of the molecule is CCCNc1cc(C(=O)NC2CCS(=O)CC2)cc(C)n1. The zero-order valence-electron chi connectivity index (χ0n) is 12.6. The van der Waals surface area contributed by atoms with Gasteiger partial charge in [-0.15, -0.1) is 0 Å². The third-order valence-electron chi connectivity index (χ3n) is 3.49. The van der Waals surface area contributed by atoms with Crippen molar-refractivity contribution in [2.75, 3.05) is 23.4 Å². The first-order valence-electron chi connectivity index (χ1n) is 7.47. The second kappa shape index (κ2) is 7.54. The molecular weight excluding hydrogens is 286 g/mol. The fraction of sp³-hybridized carbons (Fsp3) is 0.600. The fourth-order valence-corrected chi connectivity index (χ4v) is 3.65. The summed E-state index contributed by atoms with van der Waals surface area (Å²) in [7, 11) is -0.703. The van der Waals surface area contributed by atoms with Crippen LogP contribution in [0.1, 0.15) is 42.2 Å². The van der Waals surface area contributed by atoms with Crippen molar-refractivity contribution in [1.82, 2.24) is 10.3 Å². The maximum atomic E-state index is 12.3. The molecule has 1 aromatic rings. The minimum absolute atomic E-state index is 0.0715. The Bertz CT molecular complexity index is 524. The number of rotatable bonds is 5. The fourth-order valence-electron chi connectivity index (χ4n) is 2.35. The summed E-state index contributed by atoms with van der Waals surface area (Å²) < 4.78 is 11.3. The Labute approximate surface area is 128 Å². The molecule has 1 amide bonds. The molecule has 0 aromatic carbocycles. The van der Waals surface area contributed by atoms with E-state index in [-0.39, 0.29) is 11.9 Å². The molecule has 1 aliphatic heterocycles. The number of nitrogens with one attached hydrogen (secondary N) is 2. The molecule has 0 atom stereocenters. The van der Waals surface area contributed by atoms with Crippen molar-refractivity contribution < 1.29 is 9.00 Å². The van der Waals surface area contributed by atoms with Crippen molar-refractivity contribution >= 4 is 22.5 Å². The van der Waals surface area contributed by atoms with E-state index in [2.05, 4.69) is 22.5 Å². The molecule has 0 spiro atoms. The Morgan fingerprint density at radius 2 is 2.10 bits per heavy atom. The van der Waals surface area contributed by atoms with E-state index in [1.807, 2.05) is 6.92 Å². The first kappa shape index (κ1) is 15.9. The van der Waals surface area contributed by atoms with Crippen LogP contribution in [0.15, 0.2) is 12.1 Å². The molecule has 1 fully saturated rings. The van der Waals surface area contributed by atoms with Gasteiger partial charge in [-0.3, -0.25) is 9.00 Å². The Kier molecular flexibility index (Phi) is 5.73. The molecule has 21 heavy (non-hydrogen) atoms. The molecule has 2 heterocycles. The van der Waals surface area contributed by atoms with Gasteiger partial charge in [-0.2, -0.15) is 0 Å². The van der Waals surface area contributed by atoms with Crippen molar-refractivity contribution in [2.24, 2.45) is 0 Å². The van der Waals surface area contributed by atoms with Crippen LogP contribution in [0.25, 0.3) is 0 Å². The topological polar surface area (TPSA) is 71.1 Å². The molecule has 1 aromatic heterocycles. The van der Waals surface area contributed by atoms with Crippen LogP contribution in [-0.4, -0.2) is 39.2 Å². The standard InChI is InChI=1S/C15H23N3O2S/c1-3-6-16-14-10-12(9-11(2)17-14)15(19)18-13-4-7-21(20)8-5-13/h9-10,13H,3-8H2,1-2H3,(H,16,17)(H,18,19). The molecule has 0 bridgehead atoms. The monoisotopic (exact) mass is 309 g/mol. The summed E-state index contributed by atoms with van der Waals surface area (Å²) >= 11 is 0. The quantitative estimate of drug-likeness (QED) is 0.871. The number of pyridine rings is 1. The maximum Gasteiger partial charge on any atom is 0.251 e. The van der Waals surface area contributed by atoms with E-state index in [9.17, 15) is 9.00 Å². The van der Waals surface area contributed by atoms with Gasteiger partial charge in [0, 0.05) is 46.1 Å². The minimum atomic E-state index is -0.703. The predicted octanol–water partition coefficient (Wildman–Crippen LogP) is 1.85. The Hall–Kier alpha value is -1.43. The zero-order chi connectivity index (χ0) is 15.2. The van der Waals surface area contributed by atoms with Crippen LogP contribution in [0, 0.1) is 6.92 Å².